The Hall–Kier alpha value is -2.23. The molecule has 0 saturated heterocycles. The molecule has 0 radical (unpaired) electrons. The molecule has 3 nitrogen and oxygen atoms in total. The average Bonchev–Trinajstić information content (AvgIpc) is 2.53. The van der Waals surface area contributed by atoms with E-state index in [9.17, 15) is 4.79 Å². The number of hydrogen-bond acceptors (Lipinski definition) is 1. The van der Waals surface area contributed by atoms with Crippen LogP contribution < -0.4 is 10.6 Å². The minimum absolute atomic E-state index is 0.285. The van der Waals surface area contributed by atoms with Crippen molar-refractivity contribution >= 4 is 45.7 Å². The minimum atomic E-state index is -0.285. The Morgan fingerprint density at radius 3 is 2.52 bits per heavy atom. The summed E-state index contributed by atoms with van der Waals surface area (Å²) < 4.78 is 0. The second kappa shape index (κ2) is 6.90. The van der Waals surface area contributed by atoms with Crippen molar-refractivity contribution in [2.75, 3.05) is 5.32 Å². The molecule has 0 saturated carbocycles. The number of benzene rings is 3. The normalized spacial score (nSPS) is 10.5. The molecule has 3 aromatic carbocycles. The van der Waals surface area contributed by atoms with E-state index in [0.717, 1.165) is 16.3 Å². The van der Waals surface area contributed by atoms with Gasteiger partial charge in [-0.25, -0.2) is 4.79 Å². The second-order valence-electron chi connectivity index (χ2n) is 5.08. The summed E-state index contributed by atoms with van der Waals surface area (Å²) in [5.41, 5.74) is 1.68. The quantitative estimate of drug-likeness (QED) is 0.649. The first kappa shape index (κ1) is 15.7. The van der Waals surface area contributed by atoms with Gasteiger partial charge in [-0.2, -0.15) is 0 Å². The van der Waals surface area contributed by atoms with Crippen LogP contribution >= 0.6 is 23.2 Å². The Morgan fingerprint density at radius 1 is 0.957 bits per heavy atom. The van der Waals surface area contributed by atoms with Crippen LogP contribution in [0.1, 0.15) is 5.56 Å². The molecule has 0 heterocycles. The molecule has 0 spiro atoms. The Balaban J connectivity index is 1.77. The molecule has 0 bridgehead atoms. The molecule has 0 unspecified atom stereocenters. The Kier molecular flexibility index (Phi) is 4.70. The highest BCUT2D eigenvalue weighted by Gasteiger charge is 2.09. The fourth-order valence-electron chi connectivity index (χ4n) is 2.39. The molecule has 5 heteroatoms. The standard InChI is InChI=1S/C18H14Cl2N2O/c19-14-9-13-7-4-8-16(17(13)15(20)10-14)22-18(23)21-11-12-5-2-1-3-6-12/h1-10H,11H2,(H2,21,22,23). The van der Waals surface area contributed by atoms with E-state index >= 15 is 0 Å². The molecule has 0 fully saturated rings. The summed E-state index contributed by atoms with van der Waals surface area (Å²) in [6, 6.07) is 18.5. The molecular formula is C18H14Cl2N2O. The van der Waals surface area contributed by atoms with Crippen LogP contribution in [-0.2, 0) is 6.54 Å². The smallest absolute Gasteiger partial charge is 0.319 e. The van der Waals surface area contributed by atoms with Crippen LogP contribution in [0.2, 0.25) is 10.0 Å². The molecule has 0 aliphatic heterocycles. The lowest BCUT2D eigenvalue weighted by Crippen LogP contribution is -2.28. The third-order valence-electron chi connectivity index (χ3n) is 3.44. The van der Waals surface area contributed by atoms with Crippen molar-refractivity contribution in [2.45, 2.75) is 6.54 Å². The van der Waals surface area contributed by atoms with Crippen LogP contribution in [0.5, 0.6) is 0 Å². The number of anilines is 1. The Morgan fingerprint density at radius 2 is 1.74 bits per heavy atom. The van der Waals surface area contributed by atoms with Gasteiger partial charge in [-0.05, 0) is 29.1 Å². The van der Waals surface area contributed by atoms with E-state index in [1.807, 2.05) is 54.6 Å². The molecule has 0 atom stereocenters. The Labute approximate surface area is 144 Å². The lowest BCUT2D eigenvalue weighted by atomic mass is 10.1. The van der Waals surface area contributed by atoms with Gasteiger partial charge in [-0.1, -0.05) is 65.7 Å². The van der Waals surface area contributed by atoms with Crippen LogP contribution in [0.4, 0.5) is 10.5 Å². The van der Waals surface area contributed by atoms with E-state index in [4.69, 9.17) is 23.2 Å². The first-order valence-electron chi connectivity index (χ1n) is 7.10. The number of amides is 2. The van der Waals surface area contributed by atoms with Gasteiger partial charge in [0.1, 0.15) is 0 Å². The predicted molar refractivity (Wildman–Crippen MR) is 96.3 cm³/mol. The number of rotatable bonds is 3. The zero-order chi connectivity index (χ0) is 16.2. The van der Waals surface area contributed by atoms with Gasteiger partial charge in [0, 0.05) is 17.0 Å². The number of fused-ring (bicyclic) bond motifs is 1. The van der Waals surface area contributed by atoms with Gasteiger partial charge in [0.25, 0.3) is 0 Å². The largest absolute Gasteiger partial charge is 0.334 e. The van der Waals surface area contributed by atoms with Crippen molar-refractivity contribution < 1.29 is 4.79 Å². The second-order valence-corrected chi connectivity index (χ2v) is 5.93. The minimum Gasteiger partial charge on any atom is -0.334 e. The maximum atomic E-state index is 12.1. The number of hydrogen-bond donors (Lipinski definition) is 2. The number of carbonyl (C=O) groups is 1. The molecule has 3 aromatic rings. The van der Waals surface area contributed by atoms with Crippen molar-refractivity contribution in [3.63, 3.8) is 0 Å². The van der Waals surface area contributed by atoms with Gasteiger partial charge in [-0.3, -0.25) is 0 Å². The SMILES string of the molecule is O=C(NCc1ccccc1)Nc1cccc2cc(Cl)cc(Cl)c12. The summed E-state index contributed by atoms with van der Waals surface area (Å²) >= 11 is 12.3. The van der Waals surface area contributed by atoms with Crippen molar-refractivity contribution in [3.8, 4) is 0 Å². The van der Waals surface area contributed by atoms with Gasteiger partial charge in [0.2, 0.25) is 0 Å². The third kappa shape index (κ3) is 3.76. The van der Waals surface area contributed by atoms with E-state index in [2.05, 4.69) is 10.6 Å². The predicted octanol–water partition coefficient (Wildman–Crippen LogP) is 5.47. The number of halogens is 2. The average molecular weight is 345 g/mol. The van der Waals surface area contributed by atoms with Crippen molar-refractivity contribution in [3.05, 3.63) is 76.3 Å². The fourth-order valence-corrected chi connectivity index (χ4v) is 3.00. The van der Waals surface area contributed by atoms with Gasteiger partial charge < -0.3 is 10.6 Å². The van der Waals surface area contributed by atoms with Gasteiger partial charge in [0.05, 0.1) is 10.7 Å². The van der Waals surface area contributed by atoms with Gasteiger partial charge >= 0.3 is 6.03 Å². The van der Waals surface area contributed by atoms with E-state index in [0.29, 0.717) is 22.3 Å². The first-order valence-corrected chi connectivity index (χ1v) is 7.85. The lowest BCUT2D eigenvalue weighted by molar-refractivity contribution is 0.252. The highest BCUT2D eigenvalue weighted by molar-refractivity contribution is 6.39. The lowest BCUT2D eigenvalue weighted by Gasteiger charge is -2.11. The zero-order valence-corrected chi connectivity index (χ0v) is 13.7. The van der Waals surface area contributed by atoms with E-state index in [1.165, 1.54) is 0 Å². The van der Waals surface area contributed by atoms with Crippen LogP contribution in [0, 0.1) is 0 Å². The van der Waals surface area contributed by atoms with Gasteiger partial charge in [0.15, 0.2) is 0 Å². The summed E-state index contributed by atoms with van der Waals surface area (Å²) in [5, 5.41) is 8.38. The highest BCUT2D eigenvalue weighted by Crippen LogP contribution is 2.33. The molecule has 2 amide bonds. The molecule has 2 N–H and O–H groups in total. The molecule has 116 valence electrons. The van der Waals surface area contributed by atoms with Crippen LogP contribution in [0.15, 0.2) is 60.7 Å². The van der Waals surface area contributed by atoms with Crippen LogP contribution in [0.25, 0.3) is 10.8 Å². The van der Waals surface area contributed by atoms with E-state index < -0.39 is 0 Å². The molecular weight excluding hydrogens is 331 g/mol. The van der Waals surface area contributed by atoms with Crippen LogP contribution in [-0.4, -0.2) is 6.03 Å². The summed E-state index contributed by atoms with van der Waals surface area (Å²) in [7, 11) is 0. The van der Waals surface area contributed by atoms with Crippen molar-refractivity contribution in [2.24, 2.45) is 0 Å². The molecule has 0 aromatic heterocycles. The maximum Gasteiger partial charge on any atom is 0.319 e. The fraction of sp³-hybridized carbons (Fsp3) is 0.0556. The number of urea groups is 1. The van der Waals surface area contributed by atoms with E-state index in [1.54, 1.807) is 6.07 Å². The highest BCUT2D eigenvalue weighted by atomic mass is 35.5. The summed E-state index contributed by atoms with van der Waals surface area (Å²) in [5.74, 6) is 0. The molecule has 23 heavy (non-hydrogen) atoms. The van der Waals surface area contributed by atoms with Crippen molar-refractivity contribution in [1.82, 2.24) is 5.32 Å². The topological polar surface area (TPSA) is 41.1 Å². The van der Waals surface area contributed by atoms with E-state index in [-0.39, 0.29) is 6.03 Å². The molecule has 0 aliphatic carbocycles. The Bertz CT molecular complexity index is 850. The van der Waals surface area contributed by atoms with Crippen molar-refractivity contribution in [1.29, 1.82) is 0 Å². The van der Waals surface area contributed by atoms with Crippen LogP contribution in [0.3, 0.4) is 0 Å². The summed E-state index contributed by atoms with van der Waals surface area (Å²) in [6.07, 6.45) is 0. The zero-order valence-electron chi connectivity index (χ0n) is 12.1. The molecule has 3 rings (SSSR count). The third-order valence-corrected chi connectivity index (χ3v) is 3.95. The summed E-state index contributed by atoms with van der Waals surface area (Å²) in [4.78, 5) is 12.1. The monoisotopic (exact) mass is 344 g/mol. The number of carbonyl (C=O) groups excluding carboxylic acids is 1. The summed E-state index contributed by atoms with van der Waals surface area (Å²) in [6.45, 7) is 0.455. The molecule has 0 aliphatic rings. The first-order chi connectivity index (χ1) is 11.1. The maximum absolute atomic E-state index is 12.1. The number of nitrogens with one attached hydrogen (secondary N) is 2. The van der Waals surface area contributed by atoms with Gasteiger partial charge in [-0.15, -0.1) is 0 Å².